The van der Waals surface area contributed by atoms with Crippen molar-refractivity contribution in [3.05, 3.63) is 52.0 Å². The summed E-state index contributed by atoms with van der Waals surface area (Å²) in [7, 11) is 0. The standard InChI is InChI=1S/C18H15Cl2NO5/c19-13-3-2-12(9-14(13)20)21-17(22)10-26-18(23)8-11-1-4-15-16(7-11)25-6-5-24-15/h1-4,7,9H,5-6,8,10H2,(H,21,22). The number of hydrogen-bond acceptors (Lipinski definition) is 5. The molecule has 0 radical (unpaired) electrons. The molecular formula is C18H15Cl2NO5. The summed E-state index contributed by atoms with van der Waals surface area (Å²) in [6.45, 7) is 0.571. The number of carbonyl (C=O) groups is 2. The van der Waals surface area contributed by atoms with Crippen LogP contribution in [0.3, 0.4) is 0 Å². The fourth-order valence-electron chi connectivity index (χ4n) is 2.33. The van der Waals surface area contributed by atoms with Gasteiger partial charge in [-0.25, -0.2) is 0 Å². The minimum Gasteiger partial charge on any atom is -0.486 e. The Balaban J connectivity index is 1.49. The largest absolute Gasteiger partial charge is 0.486 e. The van der Waals surface area contributed by atoms with Crippen molar-refractivity contribution >= 4 is 40.8 Å². The summed E-state index contributed by atoms with van der Waals surface area (Å²) in [6, 6.07) is 9.90. The number of fused-ring (bicyclic) bond motifs is 1. The Hall–Kier alpha value is -2.44. The van der Waals surface area contributed by atoms with E-state index >= 15 is 0 Å². The highest BCUT2D eigenvalue weighted by Crippen LogP contribution is 2.31. The van der Waals surface area contributed by atoms with Crippen LogP contribution in [0.15, 0.2) is 36.4 Å². The molecule has 3 rings (SSSR count). The molecule has 0 aromatic heterocycles. The van der Waals surface area contributed by atoms with E-state index in [-0.39, 0.29) is 6.42 Å². The first kappa shape index (κ1) is 18.4. The zero-order valence-corrected chi connectivity index (χ0v) is 15.1. The van der Waals surface area contributed by atoms with E-state index in [9.17, 15) is 9.59 Å². The maximum Gasteiger partial charge on any atom is 0.310 e. The second kappa shape index (κ2) is 8.29. The van der Waals surface area contributed by atoms with Crippen LogP contribution in [0.25, 0.3) is 0 Å². The zero-order valence-electron chi connectivity index (χ0n) is 13.6. The highest BCUT2D eigenvalue weighted by molar-refractivity contribution is 6.42. The smallest absolute Gasteiger partial charge is 0.310 e. The molecule has 0 spiro atoms. The number of carbonyl (C=O) groups excluding carboxylic acids is 2. The summed E-state index contributed by atoms with van der Waals surface area (Å²) in [5.74, 6) is 0.248. The lowest BCUT2D eigenvalue weighted by molar-refractivity contribution is -0.146. The monoisotopic (exact) mass is 395 g/mol. The summed E-state index contributed by atoms with van der Waals surface area (Å²) in [4.78, 5) is 23.8. The van der Waals surface area contributed by atoms with Crippen LogP contribution in [-0.2, 0) is 20.7 Å². The fourth-order valence-corrected chi connectivity index (χ4v) is 2.63. The molecule has 8 heteroatoms. The Morgan fingerprint density at radius 1 is 1.00 bits per heavy atom. The molecule has 1 aliphatic rings. The van der Waals surface area contributed by atoms with Gasteiger partial charge in [-0.3, -0.25) is 9.59 Å². The van der Waals surface area contributed by atoms with Crippen molar-refractivity contribution in [2.75, 3.05) is 25.1 Å². The third-order valence-electron chi connectivity index (χ3n) is 3.52. The molecule has 0 unspecified atom stereocenters. The highest BCUT2D eigenvalue weighted by Gasteiger charge is 2.14. The fraction of sp³-hybridized carbons (Fsp3) is 0.222. The van der Waals surface area contributed by atoms with Crippen LogP contribution < -0.4 is 14.8 Å². The molecule has 1 N–H and O–H groups in total. The molecule has 0 saturated carbocycles. The van der Waals surface area contributed by atoms with E-state index in [1.807, 2.05) is 0 Å². The molecule has 0 saturated heterocycles. The number of rotatable bonds is 5. The van der Waals surface area contributed by atoms with Crippen LogP contribution in [-0.4, -0.2) is 31.7 Å². The molecule has 0 atom stereocenters. The molecule has 2 aromatic rings. The van der Waals surface area contributed by atoms with Crippen molar-refractivity contribution in [1.29, 1.82) is 0 Å². The van der Waals surface area contributed by atoms with Crippen molar-refractivity contribution in [3.8, 4) is 11.5 Å². The number of benzene rings is 2. The van der Waals surface area contributed by atoms with Gasteiger partial charge in [0.1, 0.15) is 13.2 Å². The van der Waals surface area contributed by atoms with Crippen LogP contribution in [0.5, 0.6) is 11.5 Å². The van der Waals surface area contributed by atoms with Crippen molar-refractivity contribution in [2.45, 2.75) is 6.42 Å². The zero-order chi connectivity index (χ0) is 18.5. The number of ether oxygens (including phenoxy) is 3. The van der Waals surface area contributed by atoms with Crippen molar-refractivity contribution in [1.82, 2.24) is 0 Å². The predicted octanol–water partition coefficient (Wildman–Crippen LogP) is 3.49. The number of esters is 1. The molecule has 0 aliphatic carbocycles. The van der Waals surface area contributed by atoms with E-state index in [4.69, 9.17) is 37.4 Å². The van der Waals surface area contributed by atoms with Crippen LogP contribution in [0.2, 0.25) is 10.0 Å². The summed E-state index contributed by atoms with van der Waals surface area (Å²) in [6.07, 6.45) is 0.0245. The number of anilines is 1. The Kier molecular flexibility index (Phi) is 5.85. The first-order valence-electron chi connectivity index (χ1n) is 7.80. The number of halogens is 2. The van der Waals surface area contributed by atoms with Crippen molar-refractivity contribution in [2.24, 2.45) is 0 Å². The lowest BCUT2D eigenvalue weighted by Gasteiger charge is -2.18. The minimum atomic E-state index is -0.522. The number of nitrogens with one attached hydrogen (secondary N) is 1. The molecule has 1 aliphatic heterocycles. The number of amides is 1. The van der Waals surface area contributed by atoms with E-state index in [2.05, 4.69) is 5.32 Å². The Morgan fingerprint density at radius 2 is 1.77 bits per heavy atom. The van der Waals surface area contributed by atoms with E-state index < -0.39 is 18.5 Å². The second-order valence-electron chi connectivity index (χ2n) is 5.49. The van der Waals surface area contributed by atoms with Gasteiger partial charge in [-0.2, -0.15) is 0 Å². The van der Waals surface area contributed by atoms with Gasteiger partial charge >= 0.3 is 5.97 Å². The second-order valence-corrected chi connectivity index (χ2v) is 6.31. The van der Waals surface area contributed by atoms with Gasteiger partial charge in [0.15, 0.2) is 18.1 Å². The van der Waals surface area contributed by atoms with Crippen LogP contribution >= 0.6 is 23.2 Å². The molecule has 136 valence electrons. The molecule has 0 fully saturated rings. The van der Waals surface area contributed by atoms with Gasteiger partial charge in [0.25, 0.3) is 5.91 Å². The van der Waals surface area contributed by atoms with E-state index in [1.165, 1.54) is 6.07 Å². The molecule has 26 heavy (non-hydrogen) atoms. The van der Waals surface area contributed by atoms with Crippen LogP contribution in [0.4, 0.5) is 5.69 Å². The minimum absolute atomic E-state index is 0.0245. The lowest BCUT2D eigenvalue weighted by atomic mass is 10.1. The van der Waals surface area contributed by atoms with Crippen molar-refractivity contribution < 1.29 is 23.8 Å². The van der Waals surface area contributed by atoms with Crippen LogP contribution in [0.1, 0.15) is 5.56 Å². The van der Waals surface area contributed by atoms with Gasteiger partial charge in [-0.05, 0) is 35.9 Å². The maximum absolute atomic E-state index is 11.9. The van der Waals surface area contributed by atoms with Gasteiger partial charge in [-0.15, -0.1) is 0 Å². The predicted molar refractivity (Wildman–Crippen MR) is 97.2 cm³/mol. The van der Waals surface area contributed by atoms with E-state index in [0.29, 0.717) is 46.0 Å². The topological polar surface area (TPSA) is 73.9 Å². The van der Waals surface area contributed by atoms with Gasteiger partial charge in [0.05, 0.1) is 16.5 Å². The summed E-state index contributed by atoms with van der Waals surface area (Å²) in [5.41, 5.74) is 1.18. The molecule has 1 heterocycles. The first-order chi connectivity index (χ1) is 12.5. The molecular weight excluding hydrogens is 381 g/mol. The average molecular weight is 396 g/mol. The highest BCUT2D eigenvalue weighted by atomic mass is 35.5. The van der Waals surface area contributed by atoms with Crippen LogP contribution in [0, 0.1) is 0 Å². The Morgan fingerprint density at radius 3 is 2.54 bits per heavy atom. The summed E-state index contributed by atoms with van der Waals surface area (Å²) >= 11 is 11.7. The van der Waals surface area contributed by atoms with E-state index in [0.717, 1.165) is 0 Å². The van der Waals surface area contributed by atoms with Gasteiger partial charge < -0.3 is 19.5 Å². The Bertz CT molecular complexity index is 840. The summed E-state index contributed by atoms with van der Waals surface area (Å²) < 4.78 is 15.9. The third kappa shape index (κ3) is 4.80. The van der Waals surface area contributed by atoms with Crippen molar-refractivity contribution in [3.63, 3.8) is 0 Å². The van der Waals surface area contributed by atoms with Gasteiger partial charge in [0, 0.05) is 5.69 Å². The summed E-state index contributed by atoms with van der Waals surface area (Å²) in [5, 5.41) is 3.28. The SMILES string of the molecule is O=C(COC(=O)Cc1ccc2c(c1)OCCO2)Nc1ccc(Cl)c(Cl)c1. The average Bonchev–Trinajstić information content (AvgIpc) is 2.63. The quantitative estimate of drug-likeness (QED) is 0.784. The molecule has 6 nitrogen and oxygen atoms in total. The molecule has 1 amide bonds. The van der Waals surface area contributed by atoms with Gasteiger partial charge in [-0.1, -0.05) is 29.3 Å². The first-order valence-corrected chi connectivity index (χ1v) is 8.56. The Labute approximate surface area is 159 Å². The third-order valence-corrected chi connectivity index (χ3v) is 4.26. The van der Waals surface area contributed by atoms with E-state index in [1.54, 1.807) is 30.3 Å². The lowest BCUT2D eigenvalue weighted by Crippen LogP contribution is -2.21. The normalized spacial score (nSPS) is 12.4. The van der Waals surface area contributed by atoms with Gasteiger partial charge in [0.2, 0.25) is 0 Å². The number of hydrogen-bond donors (Lipinski definition) is 1. The maximum atomic E-state index is 11.9. The molecule has 2 aromatic carbocycles. The molecule has 0 bridgehead atoms.